The molecule has 1 aliphatic heterocycles. The predicted octanol–water partition coefficient (Wildman–Crippen LogP) is 3.25. The summed E-state index contributed by atoms with van der Waals surface area (Å²) in [6.45, 7) is 1.98. The van der Waals surface area contributed by atoms with Crippen LogP contribution in [-0.2, 0) is 9.59 Å². The summed E-state index contributed by atoms with van der Waals surface area (Å²) in [5.74, 6) is -0.462. The minimum atomic E-state index is -0.824. The van der Waals surface area contributed by atoms with Gasteiger partial charge >= 0.3 is 5.69 Å². The van der Waals surface area contributed by atoms with Gasteiger partial charge in [-0.3, -0.25) is 45.6 Å². The summed E-state index contributed by atoms with van der Waals surface area (Å²) in [5, 5.41) is 22.0. The summed E-state index contributed by atoms with van der Waals surface area (Å²) in [5.41, 5.74) is 4.10. The zero-order chi connectivity index (χ0) is 24.8. The molecule has 1 aliphatic rings. The third-order valence-corrected chi connectivity index (χ3v) is 5.77. The molecule has 14 heteroatoms. The number of non-ortho nitro benzene ring substituents is 1. The van der Waals surface area contributed by atoms with Crippen molar-refractivity contribution in [2.75, 3.05) is 18.6 Å². The number of nitro groups is 2. The van der Waals surface area contributed by atoms with E-state index in [2.05, 4.69) is 10.9 Å². The number of ether oxygens (including phenoxy) is 1. The Morgan fingerprint density at radius 1 is 1.18 bits per heavy atom. The predicted molar refractivity (Wildman–Crippen MR) is 129 cm³/mol. The van der Waals surface area contributed by atoms with Gasteiger partial charge in [0.15, 0.2) is 0 Å². The standard InChI is InChI=1S/C20H17N5O7S2/c1-2-32-14-6-3-12(4-7-14)9-17-19(27)23(20(33)34-17)11-18(26)22-21-15-8-5-13(24(28)29)10-16(15)25(30)31/h3-10,21H,2,11H2,1H3,(H,22,26)/b17-9-. The van der Waals surface area contributed by atoms with E-state index < -0.39 is 39.6 Å². The van der Waals surface area contributed by atoms with E-state index >= 15 is 0 Å². The Morgan fingerprint density at radius 2 is 1.88 bits per heavy atom. The van der Waals surface area contributed by atoms with E-state index in [4.69, 9.17) is 17.0 Å². The van der Waals surface area contributed by atoms with Gasteiger partial charge in [-0.15, -0.1) is 0 Å². The lowest BCUT2D eigenvalue weighted by Crippen LogP contribution is -2.41. The second-order valence-electron chi connectivity index (χ2n) is 6.66. The maximum absolute atomic E-state index is 12.7. The molecule has 1 saturated heterocycles. The molecule has 1 fully saturated rings. The number of nitrogens with one attached hydrogen (secondary N) is 2. The number of anilines is 1. The smallest absolute Gasteiger partial charge is 0.300 e. The lowest BCUT2D eigenvalue weighted by molar-refractivity contribution is -0.393. The summed E-state index contributed by atoms with van der Waals surface area (Å²) < 4.78 is 5.56. The van der Waals surface area contributed by atoms with Crippen LogP contribution in [0.5, 0.6) is 5.75 Å². The largest absolute Gasteiger partial charge is 0.494 e. The zero-order valence-electron chi connectivity index (χ0n) is 17.5. The molecule has 12 nitrogen and oxygen atoms in total. The Hall–Kier alpha value is -4.04. The first-order chi connectivity index (χ1) is 16.2. The molecule has 2 amide bonds. The molecule has 0 spiro atoms. The van der Waals surface area contributed by atoms with Crippen molar-refractivity contribution in [1.29, 1.82) is 0 Å². The van der Waals surface area contributed by atoms with Crippen LogP contribution in [0, 0.1) is 20.2 Å². The van der Waals surface area contributed by atoms with Crippen LogP contribution in [0.25, 0.3) is 6.08 Å². The van der Waals surface area contributed by atoms with E-state index in [1.807, 2.05) is 6.92 Å². The summed E-state index contributed by atoms with van der Waals surface area (Å²) in [6, 6.07) is 10.0. The number of thioether (sulfide) groups is 1. The Kier molecular flexibility index (Phi) is 7.75. The molecule has 2 aromatic carbocycles. The second kappa shape index (κ2) is 10.7. The van der Waals surface area contributed by atoms with E-state index in [1.165, 1.54) is 0 Å². The molecule has 0 saturated carbocycles. The number of carbonyl (C=O) groups is 2. The molecular formula is C20H17N5O7S2. The van der Waals surface area contributed by atoms with Crippen LogP contribution in [0.4, 0.5) is 17.1 Å². The molecular weight excluding hydrogens is 486 g/mol. The average Bonchev–Trinajstić information content (AvgIpc) is 3.06. The van der Waals surface area contributed by atoms with E-state index in [1.54, 1.807) is 30.3 Å². The normalized spacial score (nSPS) is 14.3. The number of carbonyl (C=O) groups excluding carboxylic acids is 2. The number of amides is 2. The number of nitrogens with zero attached hydrogens (tertiary/aromatic N) is 3. The molecule has 2 N–H and O–H groups in total. The number of thiocarbonyl (C=S) groups is 1. The van der Waals surface area contributed by atoms with Crippen molar-refractivity contribution in [1.82, 2.24) is 10.3 Å². The van der Waals surface area contributed by atoms with E-state index in [9.17, 15) is 29.8 Å². The van der Waals surface area contributed by atoms with Gasteiger partial charge in [0.05, 0.1) is 27.4 Å². The monoisotopic (exact) mass is 503 g/mol. The van der Waals surface area contributed by atoms with Crippen molar-refractivity contribution >= 4 is 63.3 Å². The molecule has 0 radical (unpaired) electrons. The van der Waals surface area contributed by atoms with Gasteiger partial charge in [0.2, 0.25) is 0 Å². The lowest BCUT2D eigenvalue weighted by Gasteiger charge is -2.15. The van der Waals surface area contributed by atoms with Crippen molar-refractivity contribution in [2.24, 2.45) is 0 Å². The quantitative estimate of drug-likeness (QED) is 0.225. The van der Waals surface area contributed by atoms with E-state index in [0.29, 0.717) is 17.3 Å². The van der Waals surface area contributed by atoms with Gasteiger partial charge in [0, 0.05) is 6.07 Å². The Bertz CT molecular complexity index is 1200. The number of nitro benzene ring substituents is 2. The molecule has 3 rings (SSSR count). The summed E-state index contributed by atoms with van der Waals surface area (Å²) in [4.78, 5) is 46.9. The fourth-order valence-electron chi connectivity index (χ4n) is 2.83. The van der Waals surface area contributed by atoms with Crippen LogP contribution in [0.1, 0.15) is 12.5 Å². The maximum Gasteiger partial charge on any atom is 0.300 e. The number of rotatable bonds is 9. The zero-order valence-corrected chi connectivity index (χ0v) is 19.2. The highest BCUT2D eigenvalue weighted by Crippen LogP contribution is 2.33. The average molecular weight is 504 g/mol. The fraction of sp³-hybridized carbons (Fsp3) is 0.150. The number of hydrogen-bond donors (Lipinski definition) is 2. The molecule has 0 bridgehead atoms. The molecule has 2 aromatic rings. The molecule has 1 heterocycles. The van der Waals surface area contributed by atoms with Gasteiger partial charge < -0.3 is 4.74 Å². The molecule has 176 valence electrons. The second-order valence-corrected chi connectivity index (χ2v) is 8.33. The summed E-state index contributed by atoms with van der Waals surface area (Å²) in [7, 11) is 0. The first-order valence-corrected chi connectivity index (χ1v) is 10.9. The Morgan fingerprint density at radius 3 is 2.50 bits per heavy atom. The Labute approximate surface area is 202 Å². The molecule has 34 heavy (non-hydrogen) atoms. The van der Waals surface area contributed by atoms with Crippen LogP contribution in [0.2, 0.25) is 0 Å². The summed E-state index contributed by atoms with van der Waals surface area (Å²) >= 11 is 6.25. The van der Waals surface area contributed by atoms with Gasteiger partial charge in [-0.1, -0.05) is 36.1 Å². The van der Waals surface area contributed by atoms with Gasteiger partial charge in [0.25, 0.3) is 17.5 Å². The fourth-order valence-corrected chi connectivity index (χ4v) is 4.08. The van der Waals surface area contributed by atoms with E-state index in [-0.39, 0.29) is 10.0 Å². The third kappa shape index (κ3) is 5.85. The first kappa shape index (κ1) is 24.6. The third-order valence-electron chi connectivity index (χ3n) is 4.39. The van der Waals surface area contributed by atoms with Gasteiger partial charge in [0.1, 0.15) is 22.3 Å². The highest BCUT2D eigenvalue weighted by atomic mass is 32.2. The number of hydrogen-bond acceptors (Lipinski definition) is 10. The van der Waals surface area contributed by atoms with Crippen LogP contribution >= 0.6 is 24.0 Å². The number of hydrazine groups is 1. The lowest BCUT2D eigenvalue weighted by atomic mass is 10.2. The van der Waals surface area contributed by atoms with Gasteiger partial charge in [-0.2, -0.15) is 0 Å². The van der Waals surface area contributed by atoms with Crippen molar-refractivity contribution in [3.63, 3.8) is 0 Å². The SMILES string of the molecule is CCOc1ccc(/C=C2\SC(=S)N(CC(=O)NNc3ccc([N+](=O)[O-])cc3[N+](=O)[O-])C2=O)cc1. The van der Waals surface area contributed by atoms with Crippen LogP contribution in [0.3, 0.4) is 0 Å². The van der Waals surface area contributed by atoms with Crippen molar-refractivity contribution < 1.29 is 24.2 Å². The Balaban J connectivity index is 1.64. The van der Waals surface area contributed by atoms with Crippen LogP contribution in [-0.4, -0.2) is 44.0 Å². The van der Waals surface area contributed by atoms with Crippen molar-refractivity contribution in [3.05, 3.63) is 73.2 Å². The summed E-state index contributed by atoms with van der Waals surface area (Å²) in [6.07, 6.45) is 1.64. The van der Waals surface area contributed by atoms with Crippen molar-refractivity contribution in [2.45, 2.75) is 6.92 Å². The van der Waals surface area contributed by atoms with Gasteiger partial charge in [-0.25, -0.2) is 0 Å². The van der Waals surface area contributed by atoms with E-state index in [0.717, 1.165) is 40.4 Å². The van der Waals surface area contributed by atoms with Crippen LogP contribution < -0.4 is 15.6 Å². The molecule has 0 aromatic heterocycles. The first-order valence-electron chi connectivity index (χ1n) is 9.65. The highest BCUT2D eigenvalue weighted by molar-refractivity contribution is 8.26. The number of benzene rings is 2. The van der Waals surface area contributed by atoms with Crippen molar-refractivity contribution in [3.8, 4) is 5.75 Å². The maximum atomic E-state index is 12.7. The molecule has 0 atom stereocenters. The van der Waals surface area contributed by atoms with Crippen LogP contribution in [0.15, 0.2) is 47.4 Å². The molecule has 0 aliphatic carbocycles. The molecule has 0 unspecified atom stereocenters. The van der Waals surface area contributed by atoms with Gasteiger partial charge in [-0.05, 0) is 36.8 Å². The topological polar surface area (TPSA) is 157 Å². The minimum absolute atomic E-state index is 0.162. The minimum Gasteiger partial charge on any atom is -0.494 e. The highest BCUT2D eigenvalue weighted by Gasteiger charge is 2.33.